The van der Waals surface area contributed by atoms with E-state index in [0.717, 1.165) is 5.39 Å². The number of aromatic hydroxyl groups is 1. The molecule has 0 aliphatic carbocycles. The predicted octanol–water partition coefficient (Wildman–Crippen LogP) is 3.35. The van der Waals surface area contributed by atoms with Crippen LogP contribution in [0.1, 0.15) is 0 Å². The van der Waals surface area contributed by atoms with Gasteiger partial charge >= 0.3 is 0 Å². The van der Waals surface area contributed by atoms with Crippen molar-refractivity contribution in [2.75, 3.05) is 11.8 Å². The fourth-order valence-corrected chi connectivity index (χ4v) is 3.45. The van der Waals surface area contributed by atoms with Crippen LogP contribution in [0.3, 0.4) is 0 Å². The third-order valence-corrected chi connectivity index (χ3v) is 4.79. The highest BCUT2D eigenvalue weighted by Crippen LogP contribution is 2.32. The Bertz CT molecular complexity index is 953. The summed E-state index contributed by atoms with van der Waals surface area (Å²) >= 11 is 0. The molecular weight excluding hydrogens is 314 g/mol. The molecule has 0 bridgehead atoms. The van der Waals surface area contributed by atoms with Crippen LogP contribution in [-0.4, -0.2) is 20.6 Å². The van der Waals surface area contributed by atoms with E-state index < -0.39 is 10.0 Å². The van der Waals surface area contributed by atoms with Gasteiger partial charge in [-0.2, -0.15) is 0 Å². The van der Waals surface area contributed by atoms with Crippen molar-refractivity contribution >= 4 is 26.5 Å². The van der Waals surface area contributed by atoms with Crippen LogP contribution in [-0.2, 0) is 10.0 Å². The zero-order chi connectivity index (χ0) is 16.4. The molecule has 0 amide bonds. The number of methoxy groups -OCH3 is 1. The number of benzene rings is 3. The summed E-state index contributed by atoms with van der Waals surface area (Å²) < 4.78 is 32.9. The largest absolute Gasteiger partial charge is 0.508 e. The molecule has 5 nitrogen and oxygen atoms in total. The van der Waals surface area contributed by atoms with Crippen molar-refractivity contribution in [1.29, 1.82) is 0 Å². The second kappa shape index (κ2) is 5.81. The topological polar surface area (TPSA) is 75.6 Å². The van der Waals surface area contributed by atoms with Gasteiger partial charge in [-0.25, -0.2) is 8.42 Å². The average Bonchev–Trinajstić information content (AvgIpc) is 2.54. The molecule has 0 aliphatic heterocycles. The molecule has 0 spiro atoms. The van der Waals surface area contributed by atoms with Gasteiger partial charge in [-0.05, 0) is 41.8 Å². The van der Waals surface area contributed by atoms with Crippen molar-refractivity contribution in [2.24, 2.45) is 0 Å². The molecule has 118 valence electrons. The van der Waals surface area contributed by atoms with E-state index >= 15 is 0 Å². The van der Waals surface area contributed by atoms with Gasteiger partial charge in [0, 0.05) is 17.1 Å². The maximum atomic E-state index is 12.6. The summed E-state index contributed by atoms with van der Waals surface area (Å²) in [6, 6.07) is 16.3. The normalized spacial score (nSPS) is 11.3. The Hall–Kier alpha value is -2.73. The molecule has 0 heterocycles. The molecule has 0 fully saturated rings. The molecule has 0 saturated carbocycles. The average molecular weight is 329 g/mol. The second-order valence-electron chi connectivity index (χ2n) is 5.00. The van der Waals surface area contributed by atoms with Crippen LogP contribution in [0, 0.1) is 0 Å². The number of sulfonamides is 1. The maximum absolute atomic E-state index is 12.6. The first-order valence-corrected chi connectivity index (χ1v) is 8.36. The van der Waals surface area contributed by atoms with E-state index in [2.05, 4.69) is 4.72 Å². The minimum atomic E-state index is -3.76. The smallest absolute Gasteiger partial charge is 0.262 e. The Morgan fingerprint density at radius 1 is 1.00 bits per heavy atom. The van der Waals surface area contributed by atoms with E-state index in [1.165, 1.54) is 31.4 Å². The number of fused-ring (bicyclic) bond motifs is 1. The molecule has 0 unspecified atom stereocenters. The van der Waals surface area contributed by atoms with E-state index in [0.29, 0.717) is 16.8 Å². The first-order chi connectivity index (χ1) is 11.0. The molecule has 23 heavy (non-hydrogen) atoms. The van der Waals surface area contributed by atoms with Gasteiger partial charge in [0.05, 0.1) is 12.0 Å². The lowest BCUT2D eigenvalue weighted by molar-refractivity contribution is 0.418. The zero-order valence-corrected chi connectivity index (χ0v) is 13.2. The van der Waals surface area contributed by atoms with Gasteiger partial charge in [-0.1, -0.05) is 18.2 Å². The van der Waals surface area contributed by atoms with Gasteiger partial charge in [-0.3, -0.25) is 4.72 Å². The maximum Gasteiger partial charge on any atom is 0.262 e. The second-order valence-corrected chi connectivity index (χ2v) is 6.68. The lowest BCUT2D eigenvalue weighted by Gasteiger charge is -2.12. The molecule has 0 atom stereocenters. The monoisotopic (exact) mass is 329 g/mol. The van der Waals surface area contributed by atoms with Crippen LogP contribution in [0.15, 0.2) is 65.6 Å². The molecule has 3 rings (SSSR count). The molecule has 0 saturated heterocycles. The van der Waals surface area contributed by atoms with E-state index in [9.17, 15) is 13.5 Å². The van der Waals surface area contributed by atoms with Crippen molar-refractivity contribution in [1.82, 2.24) is 0 Å². The highest BCUT2D eigenvalue weighted by atomic mass is 32.2. The number of para-hydroxylation sites is 1. The molecule has 0 aliphatic rings. The molecule has 3 aromatic carbocycles. The highest BCUT2D eigenvalue weighted by molar-refractivity contribution is 7.92. The Balaban J connectivity index is 2.11. The van der Waals surface area contributed by atoms with Gasteiger partial charge in [0.1, 0.15) is 11.5 Å². The third kappa shape index (κ3) is 3.07. The lowest BCUT2D eigenvalue weighted by atomic mass is 10.1. The van der Waals surface area contributed by atoms with Crippen LogP contribution in [0.4, 0.5) is 5.69 Å². The molecular formula is C17H15NO4S. The first kappa shape index (κ1) is 15.2. The van der Waals surface area contributed by atoms with E-state index in [1.54, 1.807) is 36.4 Å². The molecule has 0 aromatic heterocycles. The van der Waals surface area contributed by atoms with E-state index in [4.69, 9.17) is 4.74 Å². The number of ether oxygens (including phenoxy) is 1. The Labute approximate surface area is 134 Å². The van der Waals surface area contributed by atoms with Crippen molar-refractivity contribution in [3.8, 4) is 11.5 Å². The number of rotatable bonds is 4. The van der Waals surface area contributed by atoms with Crippen LogP contribution in [0.5, 0.6) is 11.5 Å². The summed E-state index contributed by atoms with van der Waals surface area (Å²) in [4.78, 5) is 0.0660. The quantitative estimate of drug-likeness (QED) is 0.769. The van der Waals surface area contributed by atoms with Gasteiger partial charge in [-0.15, -0.1) is 0 Å². The Morgan fingerprint density at radius 3 is 2.43 bits per heavy atom. The van der Waals surface area contributed by atoms with E-state index in [1.807, 2.05) is 0 Å². The molecule has 6 heteroatoms. The summed E-state index contributed by atoms with van der Waals surface area (Å²) in [5, 5.41) is 10.9. The van der Waals surface area contributed by atoms with Crippen LogP contribution in [0.2, 0.25) is 0 Å². The minimum absolute atomic E-state index is 0.0603. The number of anilines is 1. The molecule has 3 aromatic rings. The van der Waals surface area contributed by atoms with Crippen LogP contribution >= 0.6 is 0 Å². The van der Waals surface area contributed by atoms with Crippen molar-refractivity contribution in [2.45, 2.75) is 4.90 Å². The highest BCUT2D eigenvalue weighted by Gasteiger charge is 2.17. The summed E-state index contributed by atoms with van der Waals surface area (Å²) in [5.74, 6) is 0.487. The minimum Gasteiger partial charge on any atom is -0.508 e. The van der Waals surface area contributed by atoms with Gasteiger partial charge in [0.25, 0.3) is 10.0 Å². The summed E-state index contributed by atoms with van der Waals surface area (Å²) in [5.41, 5.74) is 0.475. The Morgan fingerprint density at radius 2 is 1.74 bits per heavy atom. The third-order valence-electron chi connectivity index (χ3n) is 3.43. The lowest BCUT2D eigenvalue weighted by Crippen LogP contribution is -2.13. The zero-order valence-electron chi connectivity index (χ0n) is 12.4. The number of nitrogens with one attached hydrogen (secondary N) is 1. The summed E-state index contributed by atoms with van der Waals surface area (Å²) in [7, 11) is -2.29. The van der Waals surface area contributed by atoms with Crippen molar-refractivity contribution in [3.63, 3.8) is 0 Å². The van der Waals surface area contributed by atoms with Crippen molar-refractivity contribution < 1.29 is 18.3 Å². The standard InChI is InChI=1S/C17H15NO4S/c1-22-17-11-15(10-12-9-14(19)7-8-16(12)17)23(20,21)18-13-5-3-2-4-6-13/h2-11,18-19H,1H3. The van der Waals surface area contributed by atoms with Gasteiger partial charge in [0.15, 0.2) is 0 Å². The fourth-order valence-electron chi connectivity index (χ4n) is 2.34. The SMILES string of the molecule is COc1cc(S(=O)(=O)Nc2ccccc2)cc2cc(O)ccc12. The number of phenolic OH excluding ortho intramolecular Hbond substituents is 1. The van der Waals surface area contributed by atoms with Crippen molar-refractivity contribution in [3.05, 3.63) is 60.7 Å². The molecule has 0 radical (unpaired) electrons. The number of hydrogen-bond donors (Lipinski definition) is 2. The summed E-state index contributed by atoms with van der Waals surface area (Å²) in [6.45, 7) is 0. The van der Waals surface area contributed by atoms with Gasteiger partial charge < -0.3 is 9.84 Å². The first-order valence-electron chi connectivity index (χ1n) is 6.88. The molecule has 2 N–H and O–H groups in total. The van der Waals surface area contributed by atoms with Crippen LogP contribution < -0.4 is 9.46 Å². The fraction of sp³-hybridized carbons (Fsp3) is 0.0588. The predicted molar refractivity (Wildman–Crippen MR) is 89.4 cm³/mol. The Kier molecular flexibility index (Phi) is 3.83. The summed E-state index contributed by atoms with van der Waals surface area (Å²) in [6.07, 6.45) is 0. The number of hydrogen-bond acceptors (Lipinski definition) is 4. The van der Waals surface area contributed by atoms with Gasteiger partial charge in [0.2, 0.25) is 0 Å². The van der Waals surface area contributed by atoms with Crippen LogP contribution in [0.25, 0.3) is 10.8 Å². The van der Waals surface area contributed by atoms with E-state index in [-0.39, 0.29) is 10.6 Å². The number of phenols is 1.